The summed E-state index contributed by atoms with van der Waals surface area (Å²) in [5.41, 5.74) is 5.00. The molecule has 2 aromatic carbocycles. The zero-order valence-corrected chi connectivity index (χ0v) is 13.7. The molecule has 24 heavy (non-hydrogen) atoms. The van der Waals surface area contributed by atoms with Gasteiger partial charge in [-0.2, -0.15) is 0 Å². The Bertz CT molecular complexity index is 848. The number of likely N-dealkylation sites (N-methyl/N-ethyl adjacent to an activating group) is 1. The highest BCUT2D eigenvalue weighted by atomic mass is 16.7. The van der Waals surface area contributed by atoms with E-state index in [0.717, 1.165) is 24.5 Å². The second-order valence-corrected chi connectivity index (χ2v) is 6.77. The van der Waals surface area contributed by atoms with Gasteiger partial charge in [0.1, 0.15) is 0 Å². The summed E-state index contributed by atoms with van der Waals surface area (Å²) in [5.74, 6) is 2.61. The van der Waals surface area contributed by atoms with Gasteiger partial charge in [0, 0.05) is 18.5 Å². The molecule has 0 unspecified atom stereocenters. The van der Waals surface area contributed by atoms with Crippen LogP contribution in [0.5, 0.6) is 23.0 Å². The van der Waals surface area contributed by atoms with Crippen molar-refractivity contribution in [2.75, 3.05) is 27.5 Å². The van der Waals surface area contributed by atoms with E-state index in [1.807, 2.05) is 12.1 Å². The molecular formula is C19H19NO4. The van der Waals surface area contributed by atoms with Gasteiger partial charge in [-0.25, -0.2) is 0 Å². The van der Waals surface area contributed by atoms with Crippen molar-refractivity contribution in [1.29, 1.82) is 0 Å². The van der Waals surface area contributed by atoms with Gasteiger partial charge in [-0.3, -0.25) is 4.90 Å². The average Bonchev–Trinajstić information content (AvgIpc) is 2.94. The van der Waals surface area contributed by atoms with Gasteiger partial charge >= 0.3 is 0 Å². The van der Waals surface area contributed by atoms with Gasteiger partial charge in [0.05, 0.1) is 7.11 Å². The molecule has 0 radical (unpaired) electrons. The first kappa shape index (κ1) is 14.0. The fourth-order valence-corrected chi connectivity index (χ4v) is 4.35. The molecule has 0 saturated carbocycles. The van der Waals surface area contributed by atoms with E-state index in [1.54, 1.807) is 7.11 Å². The van der Waals surface area contributed by atoms with E-state index >= 15 is 0 Å². The van der Waals surface area contributed by atoms with E-state index < -0.39 is 0 Å². The zero-order valence-electron chi connectivity index (χ0n) is 13.7. The van der Waals surface area contributed by atoms with Crippen molar-refractivity contribution in [2.24, 2.45) is 0 Å². The minimum atomic E-state index is 0.201. The molecule has 1 N–H and O–H groups in total. The highest BCUT2D eigenvalue weighted by molar-refractivity contribution is 5.59. The molecule has 5 nitrogen and oxygen atoms in total. The molecule has 2 bridgehead atoms. The van der Waals surface area contributed by atoms with Gasteiger partial charge in [-0.1, -0.05) is 0 Å². The van der Waals surface area contributed by atoms with Crippen LogP contribution in [0.15, 0.2) is 24.3 Å². The van der Waals surface area contributed by atoms with Crippen molar-refractivity contribution in [3.05, 3.63) is 46.5 Å². The highest BCUT2D eigenvalue weighted by Gasteiger charge is 2.39. The van der Waals surface area contributed by atoms with E-state index in [1.165, 1.54) is 22.3 Å². The summed E-state index contributed by atoms with van der Waals surface area (Å²) in [6, 6.07) is 8.40. The number of rotatable bonds is 1. The lowest BCUT2D eigenvalue weighted by atomic mass is 9.84. The largest absolute Gasteiger partial charge is 0.504 e. The van der Waals surface area contributed by atoms with Crippen LogP contribution in [-0.2, 0) is 6.42 Å². The van der Waals surface area contributed by atoms with Crippen LogP contribution in [0, 0.1) is 0 Å². The number of ether oxygens (including phenoxy) is 3. The number of methoxy groups -OCH3 is 1. The Labute approximate surface area is 140 Å². The van der Waals surface area contributed by atoms with Crippen molar-refractivity contribution in [3.63, 3.8) is 0 Å². The fraction of sp³-hybridized carbons (Fsp3) is 0.368. The molecular weight excluding hydrogens is 306 g/mol. The molecule has 3 aliphatic heterocycles. The molecule has 2 aromatic rings. The summed E-state index contributed by atoms with van der Waals surface area (Å²) in [6.07, 6.45) is 0.894. The third-order valence-electron chi connectivity index (χ3n) is 5.54. The van der Waals surface area contributed by atoms with Crippen LogP contribution in [0.4, 0.5) is 0 Å². The number of aromatic hydroxyl groups is 1. The van der Waals surface area contributed by atoms with E-state index in [2.05, 4.69) is 24.1 Å². The average molecular weight is 325 g/mol. The van der Waals surface area contributed by atoms with Crippen molar-refractivity contribution < 1.29 is 19.3 Å². The molecule has 2 atom stereocenters. The smallest absolute Gasteiger partial charge is 0.231 e. The first-order chi connectivity index (χ1) is 11.7. The molecule has 0 spiro atoms. The molecule has 1 aliphatic carbocycles. The summed E-state index contributed by atoms with van der Waals surface area (Å²) in [7, 11) is 3.75. The van der Waals surface area contributed by atoms with Crippen molar-refractivity contribution in [1.82, 2.24) is 4.90 Å². The van der Waals surface area contributed by atoms with Gasteiger partial charge in [0.2, 0.25) is 6.79 Å². The summed E-state index contributed by atoms with van der Waals surface area (Å²) < 4.78 is 16.5. The number of phenolic OH excluding ortho intramolecular Hbond substituents is 1. The molecule has 0 amide bonds. The van der Waals surface area contributed by atoms with Crippen LogP contribution in [-0.4, -0.2) is 37.5 Å². The number of benzene rings is 2. The molecule has 3 heterocycles. The quantitative estimate of drug-likeness (QED) is 0.874. The summed E-state index contributed by atoms with van der Waals surface area (Å²) in [5, 5.41) is 10.3. The minimum absolute atomic E-state index is 0.201. The molecule has 6 rings (SSSR count). The van der Waals surface area contributed by atoms with Gasteiger partial charge in [0.15, 0.2) is 23.0 Å². The van der Waals surface area contributed by atoms with Gasteiger partial charge in [-0.15, -0.1) is 0 Å². The lowest BCUT2D eigenvalue weighted by Gasteiger charge is -2.36. The molecule has 0 aromatic heterocycles. The molecule has 0 saturated heterocycles. The predicted molar refractivity (Wildman–Crippen MR) is 88.1 cm³/mol. The van der Waals surface area contributed by atoms with Gasteiger partial charge in [0.25, 0.3) is 0 Å². The third kappa shape index (κ3) is 1.79. The highest BCUT2D eigenvalue weighted by Crippen LogP contribution is 2.50. The Morgan fingerprint density at radius 2 is 1.83 bits per heavy atom. The normalized spacial score (nSPS) is 23.6. The van der Waals surface area contributed by atoms with E-state index in [-0.39, 0.29) is 18.5 Å². The summed E-state index contributed by atoms with van der Waals surface area (Å²) >= 11 is 0. The first-order valence-electron chi connectivity index (χ1n) is 8.19. The maximum absolute atomic E-state index is 10.3. The molecule has 5 heteroatoms. The van der Waals surface area contributed by atoms with Crippen LogP contribution >= 0.6 is 0 Å². The van der Waals surface area contributed by atoms with E-state index in [4.69, 9.17) is 14.2 Å². The van der Waals surface area contributed by atoms with Gasteiger partial charge < -0.3 is 19.3 Å². The minimum Gasteiger partial charge on any atom is -0.504 e. The number of nitrogens with zero attached hydrogens (tertiary/aromatic N) is 1. The maximum Gasteiger partial charge on any atom is 0.231 e. The lowest BCUT2D eigenvalue weighted by Crippen LogP contribution is -2.33. The SMILES string of the molecule is COc1cc2c(cc1O)[C@@H]1CN(C)[C@H](C2)c2cc3c(cc21)OCO3. The van der Waals surface area contributed by atoms with Gasteiger partial charge in [-0.05, 0) is 60.0 Å². The second kappa shape index (κ2) is 4.80. The number of fused-ring (bicyclic) bond motifs is 2. The van der Waals surface area contributed by atoms with Crippen LogP contribution in [0.1, 0.15) is 34.2 Å². The van der Waals surface area contributed by atoms with Crippen LogP contribution in [0.3, 0.4) is 0 Å². The molecule has 0 fully saturated rings. The Hall–Kier alpha value is -2.40. The van der Waals surface area contributed by atoms with Crippen LogP contribution < -0.4 is 14.2 Å². The number of hydrogen-bond donors (Lipinski definition) is 1. The standard InChI is InChI=1S/C19H19NO4/c1-20-8-14-11-5-16(21)17(22-2)4-10(11)3-15(20)13-7-19-18(6-12(13)14)23-9-24-19/h4-7,14-15,21H,3,8-9H2,1-2H3/t14-,15+/m0/s1. The lowest BCUT2D eigenvalue weighted by molar-refractivity contribution is 0.174. The fourth-order valence-electron chi connectivity index (χ4n) is 4.35. The summed E-state index contributed by atoms with van der Waals surface area (Å²) in [6.45, 7) is 1.22. The first-order valence-corrected chi connectivity index (χ1v) is 8.19. The van der Waals surface area contributed by atoms with E-state index in [9.17, 15) is 5.11 Å². The molecule has 124 valence electrons. The number of phenols is 1. The maximum atomic E-state index is 10.3. The van der Waals surface area contributed by atoms with E-state index in [0.29, 0.717) is 11.8 Å². The predicted octanol–water partition coefficient (Wildman–Crippen LogP) is 2.80. The van der Waals surface area contributed by atoms with Crippen molar-refractivity contribution >= 4 is 0 Å². The van der Waals surface area contributed by atoms with Crippen LogP contribution in [0.2, 0.25) is 0 Å². The monoisotopic (exact) mass is 325 g/mol. The molecule has 4 aliphatic rings. The Morgan fingerprint density at radius 1 is 1.08 bits per heavy atom. The van der Waals surface area contributed by atoms with Crippen LogP contribution in [0.25, 0.3) is 0 Å². The zero-order chi connectivity index (χ0) is 16.4. The Kier molecular flexibility index (Phi) is 2.80. The van der Waals surface area contributed by atoms with Crippen molar-refractivity contribution in [2.45, 2.75) is 18.4 Å². The second-order valence-electron chi connectivity index (χ2n) is 6.77. The number of hydrogen-bond acceptors (Lipinski definition) is 5. The third-order valence-corrected chi connectivity index (χ3v) is 5.54. The summed E-state index contributed by atoms with van der Waals surface area (Å²) in [4.78, 5) is 2.39. The topological polar surface area (TPSA) is 51.2 Å². The van der Waals surface area contributed by atoms with Crippen molar-refractivity contribution in [3.8, 4) is 23.0 Å². The Morgan fingerprint density at radius 3 is 2.58 bits per heavy atom. The Balaban J connectivity index is 1.74.